The maximum Gasteiger partial charge on any atom is 0.266 e. The minimum absolute atomic E-state index is 0.0853. The first-order valence-electron chi connectivity index (χ1n) is 10.6. The van der Waals surface area contributed by atoms with Gasteiger partial charge in [0.2, 0.25) is 0 Å². The molecule has 7 nitrogen and oxygen atoms in total. The molecule has 36 heavy (non-hydrogen) atoms. The average Bonchev–Trinajstić information content (AvgIpc) is 2.84. The lowest BCUT2D eigenvalue weighted by Gasteiger charge is -2.12. The SMILES string of the molecule is CCOc1ccc(NC(=O)/C(C#N)=C/c2cc(Cl)c(OCC(=O)Nc3ccccc3Cl)c(Cl)c2)cc1. The van der Waals surface area contributed by atoms with Gasteiger partial charge >= 0.3 is 0 Å². The molecule has 0 aliphatic rings. The number of halogens is 3. The van der Waals surface area contributed by atoms with E-state index in [9.17, 15) is 14.9 Å². The fraction of sp³-hybridized carbons (Fsp3) is 0.115. The highest BCUT2D eigenvalue weighted by Gasteiger charge is 2.15. The lowest BCUT2D eigenvalue weighted by molar-refractivity contribution is -0.118. The Hall–Kier alpha value is -3.70. The van der Waals surface area contributed by atoms with Crippen LogP contribution in [0.1, 0.15) is 12.5 Å². The monoisotopic (exact) mass is 543 g/mol. The molecule has 0 heterocycles. The third kappa shape index (κ3) is 7.40. The first-order valence-corrected chi connectivity index (χ1v) is 11.8. The van der Waals surface area contributed by atoms with E-state index in [0.717, 1.165) is 0 Å². The Bertz CT molecular complexity index is 1310. The Kier molecular flexibility index (Phi) is 9.60. The summed E-state index contributed by atoms with van der Waals surface area (Å²) in [6, 6.07) is 18.3. The number of nitrogens with zero attached hydrogens (tertiary/aromatic N) is 1. The van der Waals surface area contributed by atoms with Gasteiger partial charge in [-0.1, -0.05) is 46.9 Å². The van der Waals surface area contributed by atoms with Crippen LogP contribution in [0.4, 0.5) is 11.4 Å². The molecule has 0 radical (unpaired) electrons. The normalized spacial score (nSPS) is 10.8. The lowest BCUT2D eigenvalue weighted by Crippen LogP contribution is -2.20. The van der Waals surface area contributed by atoms with Crippen LogP contribution in [0.25, 0.3) is 6.08 Å². The highest BCUT2D eigenvalue weighted by Crippen LogP contribution is 2.35. The molecule has 0 spiro atoms. The van der Waals surface area contributed by atoms with Crippen LogP contribution in [-0.4, -0.2) is 25.0 Å². The minimum Gasteiger partial charge on any atom is -0.494 e. The third-order valence-electron chi connectivity index (χ3n) is 4.62. The molecule has 0 aromatic heterocycles. The molecule has 3 aromatic rings. The van der Waals surface area contributed by atoms with E-state index >= 15 is 0 Å². The fourth-order valence-corrected chi connectivity index (χ4v) is 3.80. The van der Waals surface area contributed by atoms with Crippen LogP contribution in [0.15, 0.2) is 66.2 Å². The summed E-state index contributed by atoms with van der Waals surface area (Å²) in [7, 11) is 0. The van der Waals surface area contributed by atoms with Crippen LogP contribution in [0, 0.1) is 11.3 Å². The number of rotatable bonds is 9. The van der Waals surface area contributed by atoms with E-state index in [4.69, 9.17) is 44.3 Å². The summed E-state index contributed by atoms with van der Waals surface area (Å²) in [5.41, 5.74) is 1.18. The molecule has 2 amide bonds. The van der Waals surface area contributed by atoms with Gasteiger partial charge in [-0.3, -0.25) is 9.59 Å². The number of hydrogen-bond acceptors (Lipinski definition) is 5. The summed E-state index contributed by atoms with van der Waals surface area (Å²) in [5, 5.41) is 15.4. The molecule has 0 aliphatic heterocycles. The van der Waals surface area contributed by atoms with Crippen molar-refractivity contribution in [3.8, 4) is 17.6 Å². The van der Waals surface area contributed by atoms with Crippen LogP contribution < -0.4 is 20.1 Å². The van der Waals surface area contributed by atoms with Gasteiger partial charge in [-0.25, -0.2) is 0 Å². The van der Waals surface area contributed by atoms with Crippen molar-refractivity contribution in [2.45, 2.75) is 6.92 Å². The zero-order valence-electron chi connectivity index (χ0n) is 19.0. The van der Waals surface area contributed by atoms with Gasteiger partial charge in [0.25, 0.3) is 11.8 Å². The second kappa shape index (κ2) is 12.8. The van der Waals surface area contributed by atoms with Crippen molar-refractivity contribution in [1.29, 1.82) is 5.26 Å². The van der Waals surface area contributed by atoms with E-state index in [1.165, 1.54) is 18.2 Å². The highest BCUT2D eigenvalue weighted by atomic mass is 35.5. The Morgan fingerprint density at radius 2 is 1.61 bits per heavy atom. The predicted molar refractivity (Wildman–Crippen MR) is 142 cm³/mol. The van der Waals surface area contributed by atoms with Gasteiger partial charge < -0.3 is 20.1 Å². The molecule has 0 atom stereocenters. The molecule has 0 fully saturated rings. The summed E-state index contributed by atoms with van der Waals surface area (Å²) in [6.45, 7) is 2.03. The van der Waals surface area contributed by atoms with Gasteiger partial charge in [-0.15, -0.1) is 0 Å². The largest absolute Gasteiger partial charge is 0.494 e. The second-order valence-corrected chi connectivity index (χ2v) is 8.43. The maximum atomic E-state index is 12.6. The van der Waals surface area contributed by atoms with Crippen molar-refractivity contribution in [3.05, 3.63) is 86.9 Å². The number of anilines is 2. The average molecular weight is 545 g/mol. The molecule has 3 aromatic carbocycles. The van der Waals surface area contributed by atoms with E-state index < -0.39 is 11.8 Å². The van der Waals surface area contributed by atoms with Crippen LogP contribution in [0.2, 0.25) is 15.1 Å². The molecule has 0 bridgehead atoms. The molecule has 2 N–H and O–H groups in total. The standard InChI is InChI=1S/C26H20Cl3N3O4/c1-2-35-19-9-7-18(8-10-19)31-26(34)17(14-30)11-16-12-21(28)25(22(29)13-16)36-15-24(33)32-23-6-4-3-5-20(23)27/h3-13H,2,15H2,1H3,(H,31,34)(H,32,33)/b17-11+. The predicted octanol–water partition coefficient (Wildman–Crippen LogP) is 6.61. The Morgan fingerprint density at radius 3 is 2.22 bits per heavy atom. The van der Waals surface area contributed by atoms with Crippen molar-refractivity contribution in [2.24, 2.45) is 0 Å². The Balaban J connectivity index is 1.67. The van der Waals surface area contributed by atoms with E-state index in [2.05, 4.69) is 10.6 Å². The van der Waals surface area contributed by atoms with Gasteiger partial charge in [-0.2, -0.15) is 5.26 Å². The zero-order valence-corrected chi connectivity index (χ0v) is 21.2. The van der Waals surface area contributed by atoms with Gasteiger partial charge in [0, 0.05) is 5.69 Å². The highest BCUT2D eigenvalue weighted by molar-refractivity contribution is 6.37. The number of benzene rings is 3. The van der Waals surface area contributed by atoms with Crippen molar-refractivity contribution >= 4 is 64.1 Å². The molecule has 0 aliphatic carbocycles. The lowest BCUT2D eigenvalue weighted by atomic mass is 10.1. The van der Waals surface area contributed by atoms with Crippen LogP contribution in [-0.2, 0) is 9.59 Å². The Labute approximate surface area is 223 Å². The number of hydrogen-bond donors (Lipinski definition) is 2. The van der Waals surface area contributed by atoms with E-state index in [-0.39, 0.29) is 28.0 Å². The summed E-state index contributed by atoms with van der Waals surface area (Å²) in [6.07, 6.45) is 1.34. The van der Waals surface area contributed by atoms with E-state index in [0.29, 0.717) is 34.3 Å². The smallest absolute Gasteiger partial charge is 0.266 e. The molecule has 0 saturated heterocycles. The summed E-state index contributed by atoms with van der Waals surface area (Å²) >= 11 is 18.6. The van der Waals surface area contributed by atoms with Crippen molar-refractivity contribution in [2.75, 3.05) is 23.8 Å². The van der Waals surface area contributed by atoms with Gasteiger partial charge in [0.1, 0.15) is 17.4 Å². The van der Waals surface area contributed by atoms with Crippen molar-refractivity contribution in [3.63, 3.8) is 0 Å². The van der Waals surface area contributed by atoms with Crippen molar-refractivity contribution in [1.82, 2.24) is 0 Å². The number of nitriles is 1. The molecule has 10 heteroatoms. The van der Waals surface area contributed by atoms with Crippen molar-refractivity contribution < 1.29 is 19.1 Å². The van der Waals surface area contributed by atoms with Gasteiger partial charge in [0.15, 0.2) is 12.4 Å². The van der Waals surface area contributed by atoms with Crippen LogP contribution in [0.3, 0.4) is 0 Å². The zero-order chi connectivity index (χ0) is 26.1. The maximum absolute atomic E-state index is 12.6. The number of carbonyl (C=O) groups excluding carboxylic acids is 2. The van der Waals surface area contributed by atoms with Gasteiger partial charge in [0.05, 0.1) is 27.4 Å². The fourth-order valence-electron chi connectivity index (χ4n) is 3.00. The van der Waals surface area contributed by atoms with Crippen LogP contribution in [0.5, 0.6) is 11.5 Å². The minimum atomic E-state index is -0.606. The topological polar surface area (TPSA) is 100 Å². The molecular formula is C26H20Cl3N3O4. The van der Waals surface area contributed by atoms with Gasteiger partial charge in [-0.05, 0) is 67.1 Å². The second-order valence-electron chi connectivity index (χ2n) is 7.21. The van der Waals surface area contributed by atoms with E-state index in [1.807, 2.05) is 13.0 Å². The summed E-state index contributed by atoms with van der Waals surface area (Å²) in [4.78, 5) is 24.8. The molecule has 3 rings (SSSR count). The summed E-state index contributed by atoms with van der Waals surface area (Å²) in [5.74, 6) is -0.316. The number of ether oxygens (including phenoxy) is 2. The molecule has 184 valence electrons. The molecule has 0 unspecified atom stereocenters. The Morgan fingerprint density at radius 1 is 0.944 bits per heavy atom. The molecule has 0 saturated carbocycles. The summed E-state index contributed by atoms with van der Waals surface area (Å²) < 4.78 is 10.9. The number of para-hydroxylation sites is 1. The van der Waals surface area contributed by atoms with Crippen LogP contribution >= 0.6 is 34.8 Å². The third-order valence-corrected chi connectivity index (χ3v) is 5.51. The number of carbonyl (C=O) groups is 2. The van der Waals surface area contributed by atoms with E-state index in [1.54, 1.807) is 48.5 Å². The molecular weight excluding hydrogens is 525 g/mol. The first kappa shape index (κ1) is 26.9. The number of nitrogens with one attached hydrogen (secondary N) is 2. The first-order chi connectivity index (χ1) is 17.3. The number of amides is 2. The quantitative estimate of drug-likeness (QED) is 0.233.